The van der Waals surface area contributed by atoms with Crippen LogP contribution in [0.1, 0.15) is 34.5 Å². The molecular weight excluding hydrogens is 412 g/mol. The van der Waals surface area contributed by atoms with E-state index in [-0.39, 0.29) is 11.9 Å². The number of carbonyl (C=O) groups is 1. The number of nitrogens with zero attached hydrogens (tertiary/aromatic N) is 4. The Balaban J connectivity index is 1.43. The molecule has 2 aromatic carbocycles. The van der Waals surface area contributed by atoms with Crippen LogP contribution in [-0.2, 0) is 20.0 Å². The summed E-state index contributed by atoms with van der Waals surface area (Å²) < 4.78 is 6.96. The Bertz CT molecular complexity index is 1020. The van der Waals surface area contributed by atoms with Gasteiger partial charge in [0.1, 0.15) is 11.4 Å². The highest BCUT2D eigenvalue weighted by molar-refractivity contribution is 5.92. The maximum Gasteiger partial charge on any atom is 0.274 e. The smallest absolute Gasteiger partial charge is 0.274 e. The minimum absolute atomic E-state index is 0.00260. The van der Waals surface area contributed by atoms with Gasteiger partial charge in [-0.25, -0.2) is 0 Å². The third kappa shape index (κ3) is 5.82. The van der Waals surface area contributed by atoms with Crippen LogP contribution in [0.5, 0.6) is 5.75 Å². The van der Waals surface area contributed by atoms with Gasteiger partial charge in [0, 0.05) is 32.9 Å². The van der Waals surface area contributed by atoms with Crippen LogP contribution in [0.4, 0.5) is 0 Å². The average molecular weight is 447 g/mol. The summed E-state index contributed by atoms with van der Waals surface area (Å²) in [5, 5.41) is 4.35. The van der Waals surface area contributed by atoms with Crippen LogP contribution in [0.3, 0.4) is 0 Å². The second kappa shape index (κ2) is 10.7. The maximum absolute atomic E-state index is 13.2. The van der Waals surface area contributed by atoms with E-state index in [0.717, 1.165) is 44.6 Å². The Morgan fingerprint density at radius 3 is 2.36 bits per heavy atom. The zero-order valence-corrected chi connectivity index (χ0v) is 19.9. The monoisotopic (exact) mass is 446 g/mol. The first-order valence-electron chi connectivity index (χ1n) is 11.7. The van der Waals surface area contributed by atoms with Crippen molar-refractivity contribution < 1.29 is 9.53 Å². The summed E-state index contributed by atoms with van der Waals surface area (Å²) in [6.45, 7) is 3.02. The number of likely N-dealkylation sites (N-methyl/N-ethyl adjacent to an activating group) is 1. The number of likely N-dealkylation sites (tertiary alicyclic amines) is 1. The fourth-order valence-electron chi connectivity index (χ4n) is 4.82. The van der Waals surface area contributed by atoms with Gasteiger partial charge in [-0.05, 0) is 67.6 Å². The van der Waals surface area contributed by atoms with E-state index in [0.29, 0.717) is 11.6 Å². The molecule has 33 heavy (non-hydrogen) atoms. The van der Waals surface area contributed by atoms with Crippen LogP contribution in [-0.4, -0.2) is 58.8 Å². The van der Waals surface area contributed by atoms with Crippen molar-refractivity contribution in [2.45, 2.75) is 31.8 Å². The van der Waals surface area contributed by atoms with Crippen LogP contribution in [0.25, 0.3) is 0 Å². The third-order valence-corrected chi connectivity index (χ3v) is 6.78. The van der Waals surface area contributed by atoms with Crippen LogP contribution < -0.4 is 4.74 Å². The predicted molar refractivity (Wildman–Crippen MR) is 130 cm³/mol. The Morgan fingerprint density at radius 1 is 1.06 bits per heavy atom. The highest BCUT2D eigenvalue weighted by atomic mass is 16.5. The van der Waals surface area contributed by atoms with Gasteiger partial charge in [0.05, 0.1) is 7.11 Å². The van der Waals surface area contributed by atoms with E-state index in [1.165, 1.54) is 11.1 Å². The number of aryl methyl sites for hydroxylation is 1. The summed E-state index contributed by atoms with van der Waals surface area (Å²) in [5.74, 6) is 1.34. The number of hydrogen-bond donors (Lipinski definition) is 0. The molecule has 0 bridgehead atoms. The number of piperidine rings is 1. The normalized spacial score (nSPS) is 15.8. The Hall–Kier alpha value is -3.12. The zero-order chi connectivity index (χ0) is 23.2. The summed E-state index contributed by atoms with van der Waals surface area (Å²) in [6, 6.07) is 20.8. The lowest BCUT2D eigenvalue weighted by molar-refractivity contribution is 0.0579. The van der Waals surface area contributed by atoms with E-state index in [1.807, 2.05) is 43.4 Å². The summed E-state index contributed by atoms with van der Waals surface area (Å²) in [4.78, 5) is 17.7. The molecule has 1 atom stereocenters. The molecule has 0 radical (unpaired) electrons. The molecule has 1 amide bonds. The first-order valence-corrected chi connectivity index (χ1v) is 11.7. The van der Waals surface area contributed by atoms with E-state index in [1.54, 1.807) is 17.9 Å². The number of benzene rings is 2. The lowest BCUT2D eigenvalue weighted by Crippen LogP contribution is -2.47. The first-order chi connectivity index (χ1) is 16.0. The average Bonchev–Trinajstić information content (AvgIpc) is 3.29. The lowest BCUT2D eigenvalue weighted by atomic mass is 9.84. The Morgan fingerprint density at radius 2 is 1.76 bits per heavy atom. The minimum atomic E-state index is -0.00260. The van der Waals surface area contributed by atoms with Gasteiger partial charge in [0.25, 0.3) is 5.91 Å². The standard InChI is InChI=1S/C27H34N4O2/c1-29-16-15-25(28-29)27(32)30(2)26(19-21-7-5-4-6-8-21)23-13-17-31(18-14-23)20-22-9-11-24(33-3)12-10-22/h4-12,15-16,23,26H,13-14,17-20H2,1-3H3/t26-/m1/s1. The molecule has 0 saturated carbocycles. The van der Waals surface area contributed by atoms with Crippen LogP contribution >= 0.6 is 0 Å². The van der Waals surface area contributed by atoms with Crippen molar-refractivity contribution in [3.8, 4) is 5.75 Å². The van der Waals surface area contributed by atoms with Gasteiger partial charge < -0.3 is 9.64 Å². The molecule has 174 valence electrons. The van der Waals surface area contributed by atoms with Gasteiger partial charge in [-0.15, -0.1) is 0 Å². The second-order valence-electron chi connectivity index (χ2n) is 9.01. The van der Waals surface area contributed by atoms with Gasteiger partial charge >= 0.3 is 0 Å². The number of aromatic nitrogens is 2. The second-order valence-corrected chi connectivity index (χ2v) is 9.01. The molecular formula is C27H34N4O2. The minimum Gasteiger partial charge on any atom is -0.497 e. The van der Waals surface area contributed by atoms with Gasteiger partial charge in [0.15, 0.2) is 0 Å². The van der Waals surface area contributed by atoms with Crippen molar-refractivity contribution >= 4 is 5.91 Å². The molecule has 0 aliphatic carbocycles. The molecule has 1 aromatic heterocycles. The number of carbonyl (C=O) groups excluding carboxylic acids is 1. The molecule has 4 rings (SSSR count). The highest BCUT2D eigenvalue weighted by Gasteiger charge is 2.32. The summed E-state index contributed by atoms with van der Waals surface area (Å²) in [7, 11) is 5.48. The number of ether oxygens (including phenoxy) is 1. The fraction of sp³-hybridized carbons (Fsp3) is 0.407. The summed E-state index contributed by atoms with van der Waals surface area (Å²) >= 11 is 0. The zero-order valence-electron chi connectivity index (χ0n) is 19.9. The van der Waals surface area contributed by atoms with Gasteiger partial charge in [-0.1, -0.05) is 42.5 Å². The lowest BCUT2D eigenvalue weighted by Gasteiger charge is -2.40. The van der Waals surface area contributed by atoms with Crippen LogP contribution in [0, 0.1) is 5.92 Å². The molecule has 2 heterocycles. The van der Waals surface area contributed by atoms with Crippen molar-refractivity contribution in [3.63, 3.8) is 0 Å². The number of rotatable bonds is 8. The molecule has 0 N–H and O–H groups in total. The largest absolute Gasteiger partial charge is 0.497 e. The van der Waals surface area contributed by atoms with Gasteiger partial charge in [0.2, 0.25) is 0 Å². The number of methoxy groups -OCH3 is 1. The van der Waals surface area contributed by atoms with Gasteiger partial charge in [-0.2, -0.15) is 5.10 Å². The Kier molecular flexibility index (Phi) is 7.45. The molecule has 1 saturated heterocycles. The van der Waals surface area contributed by atoms with Crippen molar-refractivity contribution in [2.24, 2.45) is 13.0 Å². The van der Waals surface area contributed by atoms with Crippen LogP contribution in [0.15, 0.2) is 66.9 Å². The van der Waals surface area contributed by atoms with E-state index >= 15 is 0 Å². The Labute approximate surface area is 196 Å². The molecule has 6 heteroatoms. The van der Waals surface area contributed by atoms with E-state index in [9.17, 15) is 4.79 Å². The quantitative estimate of drug-likeness (QED) is 0.524. The summed E-state index contributed by atoms with van der Waals surface area (Å²) in [5.41, 5.74) is 3.08. The molecule has 0 unspecified atom stereocenters. The first kappa shape index (κ1) is 23.1. The van der Waals surface area contributed by atoms with E-state index in [2.05, 4.69) is 46.4 Å². The molecule has 0 spiro atoms. The van der Waals surface area contributed by atoms with Crippen LogP contribution in [0.2, 0.25) is 0 Å². The van der Waals surface area contributed by atoms with Crippen molar-refractivity contribution in [3.05, 3.63) is 83.7 Å². The SMILES string of the molecule is COc1ccc(CN2CCC([C@@H](Cc3ccccc3)N(C)C(=O)c3ccn(C)n3)CC2)cc1. The predicted octanol–water partition coefficient (Wildman–Crippen LogP) is 4.02. The highest BCUT2D eigenvalue weighted by Crippen LogP contribution is 2.28. The number of amides is 1. The molecule has 1 aliphatic rings. The molecule has 1 fully saturated rings. The maximum atomic E-state index is 13.2. The molecule has 1 aliphatic heterocycles. The van der Waals surface area contributed by atoms with Gasteiger partial charge in [-0.3, -0.25) is 14.4 Å². The molecule has 6 nitrogen and oxygen atoms in total. The van der Waals surface area contributed by atoms with Crippen molar-refractivity contribution in [1.29, 1.82) is 0 Å². The topological polar surface area (TPSA) is 50.6 Å². The van der Waals surface area contributed by atoms with E-state index < -0.39 is 0 Å². The van der Waals surface area contributed by atoms with E-state index in [4.69, 9.17) is 4.74 Å². The summed E-state index contributed by atoms with van der Waals surface area (Å²) in [6.07, 6.45) is 4.84. The fourth-order valence-corrected chi connectivity index (χ4v) is 4.82. The number of hydrogen-bond acceptors (Lipinski definition) is 4. The van der Waals surface area contributed by atoms with Crippen molar-refractivity contribution in [1.82, 2.24) is 19.6 Å². The molecule has 3 aromatic rings. The van der Waals surface area contributed by atoms with Crippen molar-refractivity contribution in [2.75, 3.05) is 27.2 Å². The third-order valence-electron chi connectivity index (χ3n) is 6.78.